The van der Waals surface area contributed by atoms with E-state index in [-0.39, 0.29) is 5.54 Å². The Kier molecular flexibility index (Phi) is 4.14. The van der Waals surface area contributed by atoms with Crippen molar-refractivity contribution in [3.05, 3.63) is 0 Å². The van der Waals surface area contributed by atoms with Gasteiger partial charge in [-0.15, -0.1) is 0 Å². The Labute approximate surface area is 93.3 Å². The molecule has 1 fully saturated rings. The first-order valence-corrected chi connectivity index (χ1v) is 5.97. The van der Waals surface area contributed by atoms with Crippen molar-refractivity contribution < 1.29 is 0 Å². The molecule has 1 aliphatic rings. The van der Waals surface area contributed by atoms with Crippen LogP contribution in [0.4, 0.5) is 0 Å². The molecule has 1 rings (SSSR count). The molecule has 0 aromatic carbocycles. The van der Waals surface area contributed by atoms with E-state index < -0.39 is 0 Å². The maximum atomic E-state index is 7.29. The van der Waals surface area contributed by atoms with E-state index in [1.807, 2.05) is 0 Å². The zero-order valence-electron chi connectivity index (χ0n) is 10.3. The third-order valence-corrected chi connectivity index (χ3v) is 2.99. The van der Waals surface area contributed by atoms with Crippen molar-refractivity contribution >= 4 is 5.84 Å². The van der Waals surface area contributed by atoms with Crippen LogP contribution in [-0.4, -0.2) is 17.4 Å². The Morgan fingerprint density at radius 1 is 1.27 bits per heavy atom. The van der Waals surface area contributed by atoms with Gasteiger partial charge in [-0.05, 0) is 52.4 Å². The molecule has 1 saturated carbocycles. The van der Waals surface area contributed by atoms with Gasteiger partial charge < -0.3 is 11.1 Å². The summed E-state index contributed by atoms with van der Waals surface area (Å²) in [6.07, 6.45) is 5.69. The van der Waals surface area contributed by atoms with E-state index in [9.17, 15) is 0 Å². The first kappa shape index (κ1) is 12.5. The molecule has 4 N–H and O–H groups in total. The third-order valence-electron chi connectivity index (χ3n) is 2.99. The molecule has 88 valence electrons. The molecule has 0 radical (unpaired) electrons. The molecular weight excluding hydrogens is 186 g/mol. The number of nitrogens with one attached hydrogen (secondary N) is 2. The number of amidine groups is 1. The van der Waals surface area contributed by atoms with Crippen LogP contribution in [0.2, 0.25) is 0 Å². The molecule has 3 heteroatoms. The summed E-state index contributed by atoms with van der Waals surface area (Å²) < 4.78 is 0. The highest BCUT2D eigenvalue weighted by Crippen LogP contribution is 2.27. The Morgan fingerprint density at radius 3 is 2.20 bits per heavy atom. The summed E-state index contributed by atoms with van der Waals surface area (Å²) in [5.74, 6) is 1.00. The van der Waals surface area contributed by atoms with E-state index >= 15 is 0 Å². The molecule has 0 heterocycles. The van der Waals surface area contributed by atoms with Gasteiger partial charge >= 0.3 is 0 Å². The van der Waals surface area contributed by atoms with Crippen LogP contribution in [0.5, 0.6) is 0 Å². The van der Waals surface area contributed by atoms with Crippen molar-refractivity contribution in [1.29, 1.82) is 5.41 Å². The second-order valence-corrected chi connectivity index (χ2v) is 5.84. The van der Waals surface area contributed by atoms with Gasteiger partial charge in [0.25, 0.3) is 0 Å². The molecule has 0 unspecified atom stereocenters. The Balaban J connectivity index is 2.27. The smallest absolute Gasteiger partial charge is 0.0908 e. The molecule has 0 spiro atoms. The molecule has 0 aromatic heterocycles. The summed E-state index contributed by atoms with van der Waals surface area (Å²) >= 11 is 0. The lowest BCUT2D eigenvalue weighted by molar-refractivity contribution is 0.253. The van der Waals surface area contributed by atoms with E-state index in [2.05, 4.69) is 26.1 Å². The number of rotatable bonds is 3. The summed E-state index contributed by atoms with van der Waals surface area (Å²) in [5.41, 5.74) is 5.65. The number of hydrogen-bond donors (Lipinski definition) is 3. The van der Waals surface area contributed by atoms with E-state index in [0.29, 0.717) is 17.8 Å². The molecule has 0 atom stereocenters. The van der Waals surface area contributed by atoms with Gasteiger partial charge in [-0.25, -0.2) is 0 Å². The lowest BCUT2D eigenvalue weighted by atomic mass is 9.83. The second-order valence-electron chi connectivity index (χ2n) is 5.84. The standard InChI is InChI=1S/C12H25N3/c1-12(2,3)15-10-6-4-9(5-7-10)8-11(13)14/h9-10,15H,4-8H2,1-3H3,(H3,13,14). The van der Waals surface area contributed by atoms with Crippen molar-refractivity contribution in [3.63, 3.8) is 0 Å². The van der Waals surface area contributed by atoms with Crippen molar-refractivity contribution in [2.75, 3.05) is 0 Å². The van der Waals surface area contributed by atoms with Gasteiger partial charge in [-0.3, -0.25) is 5.41 Å². The van der Waals surface area contributed by atoms with Crippen molar-refractivity contribution in [2.24, 2.45) is 11.7 Å². The lowest BCUT2D eigenvalue weighted by Gasteiger charge is -2.34. The second kappa shape index (κ2) is 4.97. The fraction of sp³-hybridized carbons (Fsp3) is 0.917. The first-order chi connectivity index (χ1) is 6.87. The van der Waals surface area contributed by atoms with Crippen LogP contribution in [0.25, 0.3) is 0 Å². The molecule has 15 heavy (non-hydrogen) atoms. The minimum Gasteiger partial charge on any atom is -0.388 e. The molecular formula is C12H25N3. The molecule has 0 saturated heterocycles. The van der Waals surface area contributed by atoms with Crippen LogP contribution >= 0.6 is 0 Å². The number of nitrogens with two attached hydrogens (primary N) is 1. The van der Waals surface area contributed by atoms with Crippen molar-refractivity contribution in [3.8, 4) is 0 Å². The van der Waals surface area contributed by atoms with Crippen molar-refractivity contribution in [1.82, 2.24) is 5.32 Å². The van der Waals surface area contributed by atoms with Crippen LogP contribution in [0.3, 0.4) is 0 Å². The van der Waals surface area contributed by atoms with E-state index in [1.54, 1.807) is 0 Å². The monoisotopic (exact) mass is 211 g/mol. The van der Waals surface area contributed by atoms with Crippen LogP contribution in [0.1, 0.15) is 52.9 Å². The highest BCUT2D eigenvalue weighted by atomic mass is 15.0. The lowest BCUT2D eigenvalue weighted by Crippen LogP contribution is -2.45. The average molecular weight is 211 g/mol. The van der Waals surface area contributed by atoms with Gasteiger partial charge in [0.1, 0.15) is 0 Å². The molecule has 0 aromatic rings. The van der Waals surface area contributed by atoms with Crippen LogP contribution in [0, 0.1) is 11.3 Å². The van der Waals surface area contributed by atoms with E-state index in [0.717, 1.165) is 6.42 Å². The highest BCUT2D eigenvalue weighted by Gasteiger charge is 2.24. The summed E-state index contributed by atoms with van der Waals surface area (Å²) in [6, 6.07) is 0.660. The molecule has 0 bridgehead atoms. The van der Waals surface area contributed by atoms with E-state index in [4.69, 9.17) is 11.1 Å². The summed E-state index contributed by atoms with van der Waals surface area (Å²) in [7, 11) is 0. The fourth-order valence-corrected chi connectivity index (χ4v) is 2.43. The Morgan fingerprint density at radius 2 is 1.80 bits per heavy atom. The molecule has 3 nitrogen and oxygen atoms in total. The number of hydrogen-bond acceptors (Lipinski definition) is 2. The molecule has 0 amide bonds. The summed E-state index contributed by atoms with van der Waals surface area (Å²) in [6.45, 7) is 6.65. The zero-order valence-corrected chi connectivity index (χ0v) is 10.3. The van der Waals surface area contributed by atoms with Gasteiger partial charge in [-0.2, -0.15) is 0 Å². The summed E-state index contributed by atoms with van der Waals surface area (Å²) in [4.78, 5) is 0. The Hall–Kier alpha value is -0.570. The highest BCUT2D eigenvalue weighted by molar-refractivity contribution is 5.77. The van der Waals surface area contributed by atoms with Gasteiger partial charge in [0.05, 0.1) is 5.84 Å². The fourth-order valence-electron chi connectivity index (χ4n) is 2.43. The molecule has 0 aliphatic heterocycles. The SMILES string of the molecule is CC(C)(C)NC1CCC(CC(=N)N)CC1. The summed E-state index contributed by atoms with van der Waals surface area (Å²) in [5, 5.41) is 10.9. The average Bonchev–Trinajstić information content (AvgIpc) is 2.05. The van der Waals surface area contributed by atoms with Gasteiger partial charge in [0, 0.05) is 18.0 Å². The maximum absolute atomic E-state index is 7.29. The van der Waals surface area contributed by atoms with Gasteiger partial charge in [0.15, 0.2) is 0 Å². The minimum absolute atomic E-state index is 0.220. The molecule has 1 aliphatic carbocycles. The predicted octanol–water partition coefficient (Wildman–Crippen LogP) is 2.26. The topological polar surface area (TPSA) is 61.9 Å². The Bertz CT molecular complexity index is 209. The predicted molar refractivity (Wildman–Crippen MR) is 65.2 cm³/mol. The normalized spacial score (nSPS) is 27.7. The third kappa shape index (κ3) is 5.17. The van der Waals surface area contributed by atoms with Crippen LogP contribution in [0.15, 0.2) is 0 Å². The largest absolute Gasteiger partial charge is 0.388 e. The van der Waals surface area contributed by atoms with Gasteiger partial charge in [0.2, 0.25) is 0 Å². The maximum Gasteiger partial charge on any atom is 0.0908 e. The van der Waals surface area contributed by atoms with Crippen molar-refractivity contribution in [2.45, 2.75) is 64.5 Å². The van der Waals surface area contributed by atoms with E-state index in [1.165, 1.54) is 25.7 Å². The van der Waals surface area contributed by atoms with Gasteiger partial charge in [-0.1, -0.05) is 0 Å². The first-order valence-electron chi connectivity index (χ1n) is 5.97. The van der Waals surface area contributed by atoms with Crippen LogP contribution in [-0.2, 0) is 0 Å². The zero-order chi connectivity index (χ0) is 11.5. The minimum atomic E-state index is 0.220. The van der Waals surface area contributed by atoms with Crippen LogP contribution < -0.4 is 11.1 Å². The quantitative estimate of drug-likeness (QED) is 0.495.